The summed E-state index contributed by atoms with van der Waals surface area (Å²) in [7, 11) is 0. The van der Waals surface area contributed by atoms with E-state index < -0.39 is 0 Å². The highest BCUT2D eigenvalue weighted by molar-refractivity contribution is 5.85. The molecule has 2 heterocycles. The number of carbonyl (C=O) groups is 2. The Hall–Kier alpha value is -3.95. The third-order valence-corrected chi connectivity index (χ3v) is 4.92. The minimum atomic E-state index is -0.335. The highest BCUT2D eigenvalue weighted by Crippen LogP contribution is 2.17. The van der Waals surface area contributed by atoms with E-state index in [0.717, 1.165) is 5.69 Å². The second kappa shape index (κ2) is 9.70. The zero-order chi connectivity index (χ0) is 21.5. The number of carbonyl (C=O) groups excluding carboxylic acids is 2. The molecule has 1 aromatic heterocycles. The number of rotatable bonds is 7. The molecule has 0 unspecified atom stereocenters. The number of piperazine rings is 1. The lowest BCUT2D eigenvalue weighted by Crippen LogP contribution is -2.52. The monoisotopic (exact) mass is 421 g/mol. The van der Waals surface area contributed by atoms with Crippen LogP contribution in [0.3, 0.4) is 0 Å². The Morgan fingerprint density at radius 2 is 1.61 bits per heavy atom. The molecule has 3 aromatic rings. The second-order valence-corrected chi connectivity index (χ2v) is 6.97. The van der Waals surface area contributed by atoms with Crippen molar-refractivity contribution >= 4 is 17.8 Å². The summed E-state index contributed by atoms with van der Waals surface area (Å²) >= 11 is 0. The van der Waals surface area contributed by atoms with Crippen LogP contribution >= 0.6 is 0 Å². The van der Waals surface area contributed by atoms with Crippen LogP contribution in [-0.4, -0.2) is 76.3 Å². The third-order valence-electron chi connectivity index (χ3n) is 4.92. The minimum absolute atomic E-state index is 0.0568. The number of nitrogens with one attached hydrogen (secondary N) is 1. The van der Waals surface area contributed by atoms with Crippen LogP contribution < -0.4 is 15.0 Å². The molecule has 1 aliphatic rings. The van der Waals surface area contributed by atoms with Gasteiger partial charge in [0.05, 0.1) is 12.2 Å². The van der Waals surface area contributed by atoms with Gasteiger partial charge in [0.1, 0.15) is 5.75 Å². The summed E-state index contributed by atoms with van der Waals surface area (Å²) in [4.78, 5) is 28.2. The summed E-state index contributed by atoms with van der Waals surface area (Å²) in [6.45, 7) is 2.06. The Kier molecular flexibility index (Phi) is 6.36. The molecule has 2 amide bonds. The summed E-state index contributed by atoms with van der Waals surface area (Å²) in [6.07, 6.45) is 0. The molecule has 1 aliphatic heterocycles. The van der Waals surface area contributed by atoms with E-state index in [4.69, 9.17) is 4.74 Å². The van der Waals surface area contributed by atoms with Gasteiger partial charge in [-0.2, -0.15) is 4.68 Å². The van der Waals surface area contributed by atoms with Crippen molar-refractivity contribution in [2.45, 2.75) is 0 Å². The van der Waals surface area contributed by atoms with Crippen molar-refractivity contribution in [3.63, 3.8) is 0 Å². The lowest BCUT2D eigenvalue weighted by molar-refractivity contribution is -0.133. The van der Waals surface area contributed by atoms with Crippen LogP contribution in [0.2, 0.25) is 0 Å². The van der Waals surface area contributed by atoms with Gasteiger partial charge in [-0.15, -0.1) is 0 Å². The van der Waals surface area contributed by atoms with Gasteiger partial charge >= 0.3 is 0 Å². The molecular weight excluding hydrogens is 398 g/mol. The number of hydrogen-bond donors (Lipinski definition) is 1. The van der Waals surface area contributed by atoms with Crippen molar-refractivity contribution in [2.24, 2.45) is 0 Å². The van der Waals surface area contributed by atoms with E-state index in [1.165, 1.54) is 0 Å². The number of anilines is 1. The van der Waals surface area contributed by atoms with E-state index in [0.29, 0.717) is 37.9 Å². The van der Waals surface area contributed by atoms with E-state index in [1.54, 1.807) is 21.7 Å². The van der Waals surface area contributed by atoms with Gasteiger partial charge in [-0.1, -0.05) is 41.5 Å². The summed E-state index contributed by atoms with van der Waals surface area (Å²) in [5.41, 5.74) is 0.876. The molecule has 10 heteroatoms. The number of ether oxygens (including phenoxy) is 1. The summed E-state index contributed by atoms with van der Waals surface area (Å²) in [5.74, 6) is 0.788. The summed E-state index contributed by atoms with van der Waals surface area (Å²) in [6, 6.07) is 18.7. The Labute approximate surface area is 179 Å². The zero-order valence-corrected chi connectivity index (χ0v) is 16.9. The SMILES string of the molecule is O=C(COc1ccccc1)NCC(=O)N1CCN(c2nnnn2-c2ccccc2)CC1. The maximum atomic E-state index is 12.5. The van der Waals surface area contributed by atoms with Crippen LogP contribution in [-0.2, 0) is 9.59 Å². The molecule has 0 radical (unpaired) electrons. The van der Waals surface area contributed by atoms with Crippen molar-refractivity contribution < 1.29 is 14.3 Å². The number of hydrogen-bond acceptors (Lipinski definition) is 7. The predicted molar refractivity (Wildman–Crippen MR) is 113 cm³/mol. The van der Waals surface area contributed by atoms with E-state index in [-0.39, 0.29) is 25.0 Å². The lowest BCUT2D eigenvalue weighted by atomic mass is 10.3. The van der Waals surface area contributed by atoms with Crippen LogP contribution in [0.4, 0.5) is 5.95 Å². The van der Waals surface area contributed by atoms with Gasteiger partial charge < -0.3 is 19.9 Å². The first-order valence-electron chi connectivity index (χ1n) is 10.0. The van der Waals surface area contributed by atoms with E-state index in [2.05, 4.69) is 20.8 Å². The molecule has 4 rings (SSSR count). The molecule has 1 fully saturated rings. The summed E-state index contributed by atoms with van der Waals surface area (Å²) < 4.78 is 7.07. The quantitative estimate of drug-likeness (QED) is 0.592. The zero-order valence-electron chi connectivity index (χ0n) is 16.9. The fourth-order valence-corrected chi connectivity index (χ4v) is 3.27. The van der Waals surface area contributed by atoms with Gasteiger partial charge in [0.25, 0.3) is 5.91 Å². The van der Waals surface area contributed by atoms with Crippen LogP contribution in [0, 0.1) is 0 Å². The average molecular weight is 421 g/mol. The molecule has 1 saturated heterocycles. The van der Waals surface area contributed by atoms with Crippen molar-refractivity contribution in [1.29, 1.82) is 0 Å². The maximum absolute atomic E-state index is 12.5. The van der Waals surface area contributed by atoms with Gasteiger partial charge in [-0.05, 0) is 34.7 Å². The topological polar surface area (TPSA) is 105 Å². The minimum Gasteiger partial charge on any atom is -0.484 e. The Bertz CT molecular complexity index is 1000. The molecule has 2 aromatic carbocycles. The van der Waals surface area contributed by atoms with Gasteiger partial charge in [-0.3, -0.25) is 9.59 Å². The van der Waals surface area contributed by atoms with Crippen molar-refractivity contribution in [3.8, 4) is 11.4 Å². The molecule has 0 aliphatic carbocycles. The standard InChI is InChI=1S/C21H23N7O3/c29-19(16-31-18-9-5-2-6-10-18)22-15-20(30)26-11-13-27(14-12-26)21-23-24-25-28(21)17-7-3-1-4-8-17/h1-10H,11-16H2,(H,22,29). The molecule has 0 bridgehead atoms. The summed E-state index contributed by atoms with van der Waals surface area (Å²) in [5, 5.41) is 14.6. The molecule has 0 atom stereocenters. The van der Waals surface area contributed by atoms with Gasteiger partial charge in [0.15, 0.2) is 6.61 Å². The molecular formula is C21H23N7O3. The third kappa shape index (κ3) is 5.16. The Morgan fingerprint density at radius 3 is 2.32 bits per heavy atom. The smallest absolute Gasteiger partial charge is 0.258 e. The number of nitrogens with zero attached hydrogens (tertiary/aromatic N) is 6. The lowest BCUT2D eigenvalue weighted by Gasteiger charge is -2.34. The fraction of sp³-hybridized carbons (Fsp3) is 0.286. The molecule has 10 nitrogen and oxygen atoms in total. The van der Waals surface area contributed by atoms with Crippen LogP contribution in [0.25, 0.3) is 5.69 Å². The van der Waals surface area contributed by atoms with Crippen LogP contribution in [0.5, 0.6) is 5.75 Å². The highest BCUT2D eigenvalue weighted by Gasteiger charge is 2.25. The molecule has 1 N–H and O–H groups in total. The molecule has 31 heavy (non-hydrogen) atoms. The van der Waals surface area contributed by atoms with E-state index >= 15 is 0 Å². The largest absolute Gasteiger partial charge is 0.484 e. The van der Waals surface area contributed by atoms with Gasteiger partial charge in [-0.25, -0.2) is 0 Å². The van der Waals surface area contributed by atoms with E-state index in [9.17, 15) is 9.59 Å². The highest BCUT2D eigenvalue weighted by atomic mass is 16.5. The Morgan fingerprint density at radius 1 is 0.935 bits per heavy atom. The van der Waals surface area contributed by atoms with Crippen molar-refractivity contribution in [1.82, 2.24) is 30.4 Å². The second-order valence-electron chi connectivity index (χ2n) is 6.97. The number of benzene rings is 2. The number of tetrazole rings is 1. The van der Waals surface area contributed by atoms with Crippen molar-refractivity contribution in [2.75, 3.05) is 44.2 Å². The number of amides is 2. The fourth-order valence-electron chi connectivity index (χ4n) is 3.27. The molecule has 160 valence electrons. The first kappa shape index (κ1) is 20.3. The van der Waals surface area contributed by atoms with Crippen LogP contribution in [0.15, 0.2) is 60.7 Å². The first-order chi connectivity index (χ1) is 15.2. The molecule has 0 spiro atoms. The maximum Gasteiger partial charge on any atom is 0.258 e. The van der Waals surface area contributed by atoms with Crippen LogP contribution in [0.1, 0.15) is 0 Å². The first-order valence-corrected chi connectivity index (χ1v) is 10.0. The van der Waals surface area contributed by atoms with Gasteiger partial charge in [0.2, 0.25) is 11.9 Å². The van der Waals surface area contributed by atoms with E-state index in [1.807, 2.05) is 53.4 Å². The normalized spacial score (nSPS) is 13.7. The van der Waals surface area contributed by atoms with Crippen molar-refractivity contribution in [3.05, 3.63) is 60.7 Å². The average Bonchev–Trinajstić information content (AvgIpc) is 3.32. The Balaban J connectivity index is 1.23. The number of aromatic nitrogens is 4. The van der Waals surface area contributed by atoms with Gasteiger partial charge in [0, 0.05) is 26.2 Å². The molecule has 0 saturated carbocycles. The number of para-hydroxylation sites is 2. The predicted octanol–water partition coefficient (Wildman–Crippen LogP) is 0.506.